The van der Waals surface area contributed by atoms with Gasteiger partial charge in [-0.1, -0.05) is 6.92 Å². The number of fused-ring (bicyclic) bond motifs is 4. The normalized spacial score (nSPS) is 30.9. The van der Waals surface area contributed by atoms with Crippen LogP contribution in [-0.2, 0) is 17.4 Å². The monoisotopic (exact) mass is 449 g/mol. The molecule has 0 radical (unpaired) electrons. The van der Waals surface area contributed by atoms with Crippen molar-refractivity contribution in [3.8, 4) is 0 Å². The van der Waals surface area contributed by atoms with Crippen LogP contribution in [0.15, 0.2) is 18.2 Å². The lowest BCUT2D eigenvalue weighted by Gasteiger charge is -2.45. The van der Waals surface area contributed by atoms with Crippen LogP contribution in [0.1, 0.15) is 55.3 Å². The van der Waals surface area contributed by atoms with Crippen LogP contribution >= 0.6 is 0 Å². The number of nitrogens with one attached hydrogen (secondary N) is 2. The van der Waals surface area contributed by atoms with Crippen molar-refractivity contribution in [1.29, 1.82) is 0 Å². The molecule has 2 aromatic rings. The van der Waals surface area contributed by atoms with Crippen molar-refractivity contribution in [2.75, 3.05) is 26.2 Å². The van der Waals surface area contributed by atoms with Crippen molar-refractivity contribution >= 4 is 16.9 Å². The van der Waals surface area contributed by atoms with Gasteiger partial charge in [-0.2, -0.15) is 13.2 Å². The lowest BCUT2D eigenvalue weighted by molar-refractivity contribution is -0.144. The highest BCUT2D eigenvalue weighted by Gasteiger charge is 2.43. The van der Waals surface area contributed by atoms with E-state index < -0.39 is 23.2 Å². The molecule has 8 heteroatoms. The number of halogens is 3. The Hall–Kier alpha value is -2.06. The number of aromatic nitrogens is 1. The quantitative estimate of drug-likeness (QED) is 0.648. The highest BCUT2D eigenvalue weighted by atomic mass is 19.4. The summed E-state index contributed by atoms with van der Waals surface area (Å²) in [5.41, 5.74) is 1.48. The van der Waals surface area contributed by atoms with Gasteiger partial charge in [0.05, 0.1) is 5.56 Å². The molecule has 1 aromatic carbocycles. The predicted molar refractivity (Wildman–Crippen MR) is 116 cm³/mol. The maximum atomic E-state index is 13.3. The Morgan fingerprint density at radius 2 is 2.16 bits per heavy atom. The van der Waals surface area contributed by atoms with Gasteiger partial charge in [-0.05, 0) is 86.7 Å². The smallest absolute Gasteiger partial charge is 0.416 e. The summed E-state index contributed by atoms with van der Waals surface area (Å²) in [6, 6.07) is 4.00. The van der Waals surface area contributed by atoms with Gasteiger partial charge < -0.3 is 20.3 Å². The molecular formula is C24H30F3N3O2. The van der Waals surface area contributed by atoms with Gasteiger partial charge in [0, 0.05) is 29.7 Å². The SMILES string of the molecule is C[C@H]1c2c([nH]c3ccc(C(F)(F)F)cc23)C[C@H]2CCN(CCC3(C(=O)O)CCCN3)C[C@@H]21. The third-order valence-electron chi connectivity index (χ3n) is 8.21. The van der Waals surface area contributed by atoms with Gasteiger partial charge in [0.25, 0.3) is 0 Å². The Labute approximate surface area is 185 Å². The number of nitrogens with zero attached hydrogens (tertiary/aromatic N) is 1. The third kappa shape index (κ3) is 3.61. The summed E-state index contributed by atoms with van der Waals surface area (Å²) < 4.78 is 39.9. The minimum absolute atomic E-state index is 0.154. The second kappa shape index (κ2) is 7.76. The number of rotatable bonds is 4. The summed E-state index contributed by atoms with van der Waals surface area (Å²) >= 11 is 0. The Balaban J connectivity index is 1.36. The largest absolute Gasteiger partial charge is 0.480 e. The van der Waals surface area contributed by atoms with Crippen molar-refractivity contribution in [1.82, 2.24) is 15.2 Å². The van der Waals surface area contributed by atoms with Crippen molar-refractivity contribution in [2.45, 2.75) is 56.7 Å². The lowest BCUT2D eigenvalue weighted by atomic mass is 9.68. The zero-order valence-corrected chi connectivity index (χ0v) is 18.3. The topological polar surface area (TPSA) is 68.4 Å². The first-order chi connectivity index (χ1) is 15.2. The van der Waals surface area contributed by atoms with Crippen LogP contribution in [0.3, 0.4) is 0 Å². The van der Waals surface area contributed by atoms with E-state index in [9.17, 15) is 23.1 Å². The molecule has 2 fully saturated rings. The fourth-order valence-electron chi connectivity index (χ4n) is 6.38. The van der Waals surface area contributed by atoms with Crippen LogP contribution in [0.2, 0.25) is 0 Å². The predicted octanol–water partition coefficient (Wildman–Crippen LogP) is 4.38. The Morgan fingerprint density at radius 3 is 2.84 bits per heavy atom. The molecule has 3 heterocycles. The number of alkyl halides is 3. The van der Waals surface area contributed by atoms with E-state index in [1.54, 1.807) is 6.07 Å². The number of benzene rings is 1. The van der Waals surface area contributed by atoms with E-state index in [1.807, 2.05) is 0 Å². The molecular weight excluding hydrogens is 419 g/mol. The molecule has 174 valence electrons. The van der Waals surface area contributed by atoms with Gasteiger partial charge in [-0.25, -0.2) is 0 Å². The number of carboxylic acid groups (broad SMARTS) is 1. The van der Waals surface area contributed by atoms with Crippen molar-refractivity contribution < 1.29 is 23.1 Å². The van der Waals surface area contributed by atoms with E-state index in [2.05, 4.69) is 22.1 Å². The molecule has 5 nitrogen and oxygen atoms in total. The fourth-order valence-corrected chi connectivity index (χ4v) is 6.38. The van der Waals surface area contributed by atoms with Gasteiger partial charge in [0.2, 0.25) is 0 Å². The molecule has 0 spiro atoms. The van der Waals surface area contributed by atoms with E-state index in [-0.39, 0.29) is 5.92 Å². The van der Waals surface area contributed by atoms with E-state index in [0.717, 1.165) is 68.3 Å². The summed E-state index contributed by atoms with van der Waals surface area (Å²) in [4.78, 5) is 17.6. The first-order valence-corrected chi connectivity index (χ1v) is 11.6. The van der Waals surface area contributed by atoms with E-state index in [1.165, 1.54) is 6.07 Å². The van der Waals surface area contributed by atoms with Gasteiger partial charge in [0.1, 0.15) is 5.54 Å². The molecule has 1 aliphatic carbocycles. The zero-order valence-electron chi connectivity index (χ0n) is 18.3. The molecule has 2 aliphatic heterocycles. The second-order valence-electron chi connectivity index (χ2n) is 9.95. The first kappa shape index (κ1) is 21.8. The van der Waals surface area contributed by atoms with Gasteiger partial charge >= 0.3 is 12.1 Å². The minimum atomic E-state index is -4.35. The van der Waals surface area contributed by atoms with Crippen molar-refractivity contribution in [3.05, 3.63) is 35.0 Å². The number of carboxylic acids is 1. The number of piperidine rings is 1. The van der Waals surface area contributed by atoms with Crippen LogP contribution in [0.4, 0.5) is 13.2 Å². The number of aromatic amines is 1. The second-order valence-corrected chi connectivity index (χ2v) is 9.95. The van der Waals surface area contributed by atoms with Crippen LogP contribution in [0.5, 0.6) is 0 Å². The number of carbonyl (C=O) groups is 1. The zero-order chi connectivity index (χ0) is 22.7. The molecule has 2 saturated heterocycles. The summed E-state index contributed by atoms with van der Waals surface area (Å²) in [7, 11) is 0. The van der Waals surface area contributed by atoms with Gasteiger partial charge in [0.15, 0.2) is 0 Å². The van der Waals surface area contributed by atoms with Crippen LogP contribution in [0, 0.1) is 11.8 Å². The van der Waals surface area contributed by atoms with Crippen molar-refractivity contribution in [2.24, 2.45) is 11.8 Å². The average Bonchev–Trinajstić information content (AvgIpc) is 3.37. The highest BCUT2D eigenvalue weighted by molar-refractivity contribution is 5.86. The number of hydrogen-bond acceptors (Lipinski definition) is 3. The molecule has 32 heavy (non-hydrogen) atoms. The molecule has 3 N–H and O–H groups in total. The Morgan fingerprint density at radius 1 is 1.34 bits per heavy atom. The summed E-state index contributed by atoms with van der Waals surface area (Å²) in [6.45, 7) is 5.43. The maximum Gasteiger partial charge on any atom is 0.416 e. The van der Waals surface area contributed by atoms with Crippen LogP contribution < -0.4 is 5.32 Å². The standard InChI is InChI=1S/C24H30F3N3O2/c1-14-18-13-30(10-7-23(22(31)32)6-2-8-28-23)9-5-15(18)11-20-21(14)17-12-16(24(25,26)27)3-4-19(17)29-20/h3-4,12,14-15,18,28-29H,2,5-11,13H2,1H3,(H,31,32)/t14-,15-,18-,23?/m1/s1. The van der Waals surface area contributed by atoms with Gasteiger partial charge in [-0.15, -0.1) is 0 Å². The molecule has 4 atom stereocenters. The summed E-state index contributed by atoms with van der Waals surface area (Å²) in [6.07, 6.45) is -0.313. The molecule has 1 unspecified atom stereocenters. The van der Waals surface area contributed by atoms with E-state index in [0.29, 0.717) is 30.1 Å². The minimum Gasteiger partial charge on any atom is -0.480 e. The number of hydrogen-bond donors (Lipinski definition) is 3. The fraction of sp³-hybridized carbons (Fsp3) is 0.625. The number of H-pyrrole nitrogens is 1. The van der Waals surface area contributed by atoms with Gasteiger partial charge in [-0.3, -0.25) is 4.79 Å². The van der Waals surface area contributed by atoms with Crippen LogP contribution in [0.25, 0.3) is 10.9 Å². The van der Waals surface area contributed by atoms with Crippen molar-refractivity contribution in [3.63, 3.8) is 0 Å². The highest BCUT2D eigenvalue weighted by Crippen LogP contribution is 2.47. The molecule has 0 amide bonds. The summed E-state index contributed by atoms with van der Waals surface area (Å²) in [5, 5.41) is 13.6. The molecule has 1 aromatic heterocycles. The first-order valence-electron chi connectivity index (χ1n) is 11.6. The number of likely N-dealkylation sites (tertiary alicyclic amines) is 1. The third-order valence-corrected chi connectivity index (χ3v) is 8.21. The number of aliphatic carboxylic acids is 1. The summed E-state index contributed by atoms with van der Waals surface area (Å²) in [5.74, 6) is 0.255. The maximum absolute atomic E-state index is 13.3. The molecule has 5 rings (SSSR count). The van der Waals surface area contributed by atoms with E-state index >= 15 is 0 Å². The lowest BCUT2D eigenvalue weighted by Crippen LogP contribution is -2.51. The Kier molecular flexibility index (Phi) is 5.28. The molecule has 3 aliphatic rings. The molecule has 0 saturated carbocycles. The molecule has 0 bridgehead atoms. The van der Waals surface area contributed by atoms with E-state index in [4.69, 9.17) is 0 Å². The van der Waals surface area contributed by atoms with Crippen LogP contribution in [-0.4, -0.2) is 52.7 Å². The Bertz CT molecular complexity index is 1030. The average molecular weight is 450 g/mol.